The maximum atomic E-state index is 12.7. The molecule has 23 heavy (non-hydrogen) atoms. The van der Waals surface area contributed by atoms with Crippen LogP contribution in [0.5, 0.6) is 0 Å². The summed E-state index contributed by atoms with van der Waals surface area (Å²) in [5, 5.41) is 3.91. The number of rotatable bonds is 6. The fourth-order valence-electron chi connectivity index (χ4n) is 1.39. The molecule has 0 fully saturated rings. The van der Waals surface area contributed by atoms with Gasteiger partial charge >= 0.3 is 12.4 Å². The van der Waals surface area contributed by atoms with Crippen molar-refractivity contribution in [1.82, 2.24) is 10.7 Å². The molecule has 11 heteroatoms. The predicted octanol–water partition coefficient (Wildman–Crippen LogP) is 3.95. The molecule has 0 bridgehead atoms. The van der Waals surface area contributed by atoms with Crippen molar-refractivity contribution < 1.29 is 26.3 Å². The number of hydrazine groups is 1. The Labute approximate surface area is 126 Å². The molecular formula is C12H12F6N4O. The molecular weight excluding hydrogens is 330 g/mol. The number of nitrogens with zero attached hydrogens (tertiary/aromatic N) is 1. The van der Waals surface area contributed by atoms with E-state index in [1.54, 1.807) is 0 Å². The van der Waals surface area contributed by atoms with Gasteiger partial charge in [-0.25, -0.2) is 0 Å². The lowest BCUT2D eigenvalue weighted by atomic mass is 10.0. The third kappa shape index (κ3) is 4.27. The van der Waals surface area contributed by atoms with Gasteiger partial charge in [-0.05, 0) is 36.4 Å². The van der Waals surface area contributed by atoms with Gasteiger partial charge in [-0.1, -0.05) is 6.58 Å². The first-order valence-electron chi connectivity index (χ1n) is 5.96. The van der Waals surface area contributed by atoms with Crippen LogP contribution in [-0.4, -0.2) is 17.9 Å². The average Bonchev–Trinajstić information content (AvgIpc) is 2.43. The van der Waals surface area contributed by atoms with Gasteiger partial charge in [0.2, 0.25) is 5.54 Å². The van der Waals surface area contributed by atoms with E-state index in [0.29, 0.717) is 0 Å². The highest BCUT2D eigenvalue weighted by atomic mass is 19.4. The van der Waals surface area contributed by atoms with Crippen molar-refractivity contribution >= 4 is 11.4 Å². The van der Waals surface area contributed by atoms with E-state index in [1.165, 1.54) is 29.6 Å². The minimum atomic E-state index is -5.59. The maximum absolute atomic E-state index is 12.7. The molecule has 1 aromatic rings. The highest BCUT2D eigenvalue weighted by molar-refractivity contribution is 5.50. The number of nitrogens with one attached hydrogen (secondary N) is 3. The molecule has 0 unspecified atom stereocenters. The molecule has 0 amide bonds. The summed E-state index contributed by atoms with van der Waals surface area (Å²) in [6.45, 7) is 3.02. The van der Waals surface area contributed by atoms with Crippen LogP contribution in [0.4, 0.5) is 37.7 Å². The van der Waals surface area contributed by atoms with Crippen molar-refractivity contribution in [3.63, 3.8) is 0 Å². The smallest absolute Gasteiger partial charge is 0.350 e. The van der Waals surface area contributed by atoms with E-state index in [1.807, 2.05) is 0 Å². The fraction of sp³-hybridized carbons (Fsp3) is 0.333. The average molecular weight is 342 g/mol. The van der Waals surface area contributed by atoms with Gasteiger partial charge in [-0.15, -0.1) is 4.91 Å². The molecule has 1 aromatic carbocycles. The van der Waals surface area contributed by atoms with Crippen molar-refractivity contribution in [2.45, 2.75) is 24.8 Å². The molecule has 0 aromatic heterocycles. The zero-order chi connectivity index (χ0) is 17.9. The van der Waals surface area contributed by atoms with Crippen molar-refractivity contribution in [2.24, 2.45) is 5.18 Å². The van der Waals surface area contributed by atoms with E-state index in [9.17, 15) is 31.2 Å². The van der Waals surface area contributed by atoms with E-state index in [-0.39, 0.29) is 18.3 Å². The Kier molecular flexibility index (Phi) is 5.13. The van der Waals surface area contributed by atoms with Crippen molar-refractivity contribution in [2.75, 3.05) is 5.43 Å². The Morgan fingerprint density at radius 2 is 1.52 bits per heavy atom. The predicted molar refractivity (Wildman–Crippen MR) is 71.4 cm³/mol. The SMILES string of the molecule is C=C(NNc1ccc(N=O)cc1)NC(C)(C(F)(F)F)C(F)(F)F. The third-order valence-corrected chi connectivity index (χ3v) is 2.87. The summed E-state index contributed by atoms with van der Waals surface area (Å²) in [6, 6.07) is 5.26. The van der Waals surface area contributed by atoms with Gasteiger partial charge in [0.1, 0.15) is 11.5 Å². The largest absolute Gasteiger partial charge is 0.420 e. The number of anilines is 1. The fourth-order valence-corrected chi connectivity index (χ4v) is 1.39. The zero-order valence-electron chi connectivity index (χ0n) is 11.6. The molecule has 0 saturated carbocycles. The van der Waals surface area contributed by atoms with E-state index >= 15 is 0 Å². The van der Waals surface area contributed by atoms with Gasteiger partial charge in [0.05, 0.1) is 5.69 Å². The summed E-state index contributed by atoms with van der Waals surface area (Å²) in [6.07, 6.45) is -11.2. The highest BCUT2D eigenvalue weighted by Gasteiger charge is 2.68. The lowest BCUT2D eigenvalue weighted by molar-refractivity contribution is -0.299. The van der Waals surface area contributed by atoms with Crippen LogP contribution in [0.2, 0.25) is 0 Å². The van der Waals surface area contributed by atoms with Crippen LogP contribution >= 0.6 is 0 Å². The van der Waals surface area contributed by atoms with Crippen molar-refractivity contribution in [1.29, 1.82) is 0 Å². The van der Waals surface area contributed by atoms with Crippen LogP contribution in [0, 0.1) is 4.91 Å². The Balaban J connectivity index is 2.75. The Morgan fingerprint density at radius 3 is 1.91 bits per heavy atom. The topological polar surface area (TPSA) is 65.5 Å². The number of alkyl halides is 6. The van der Waals surface area contributed by atoms with E-state index < -0.39 is 23.7 Å². The summed E-state index contributed by atoms with van der Waals surface area (Å²) < 4.78 is 76.2. The minimum Gasteiger partial charge on any atom is -0.350 e. The molecule has 5 nitrogen and oxygen atoms in total. The van der Waals surface area contributed by atoms with Crippen LogP contribution in [0.25, 0.3) is 0 Å². The van der Waals surface area contributed by atoms with E-state index in [4.69, 9.17) is 0 Å². The van der Waals surface area contributed by atoms with Gasteiger partial charge in [0, 0.05) is 0 Å². The molecule has 1 rings (SSSR count). The summed E-state index contributed by atoms with van der Waals surface area (Å²) in [5.74, 6) is -0.750. The van der Waals surface area contributed by atoms with Crippen LogP contribution in [0.15, 0.2) is 41.8 Å². The number of hydrogen-bond acceptors (Lipinski definition) is 5. The summed E-state index contributed by atoms with van der Waals surface area (Å²) in [4.78, 5) is 10.2. The number of halogens is 6. The lowest BCUT2D eigenvalue weighted by Gasteiger charge is -2.36. The molecule has 0 radical (unpaired) electrons. The summed E-state index contributed by atoms with van der Waals surface area (Å²) in [7, 11) is 0. The van der Waals surface area contributed by atoms with Gasteiger partial charge in [-0.2, -0.15) is 26.3 Å². The number of nitroso groups, excluding NO2 is 1. The minimum absolute atomic E-state index is 0.0373. The van der Waals surface area contributed by atoms with Crippen LogP contribution < -0.4 is 16.2 Å². The summed E-state index contributed by atoms with van der Waals surface area (Å²) in [5.41, 5.74) is 0.604. The monoisotopic (exact) mass is 342 g/mol. The van der Waals surface area contributed by atoms with E-state index in [2.05, 4.69) is 22.6 Å². The first-order valence-corrected chi connectivity index (χ1v) is 5.96. The standard InChI is InChI=1S/C12H12F6N4O/c1-7(19-10(2,11(13,14)15)12(16,17)18)20-21-8-3-5-9(22-23)6-4-8/h3-6,19-21H,1H2,2H3. The third-order valence-electron chi connectivity index (χ3n) is 2.87. The Hall–Kier alpha value is -2.46. The molecule has 0 aliphatic heterocycles. The first-order chi connectivity index (χ1) is 10.4. The number of benzene rings is 1. The van der Waals surface area contributed by atoms with Gasteiger partial charge in [0.15, 0.2) is 0 Å². The number of hydrogen-bond donors (Lipinski definition) is 3. The Morgan fingerprint density at radius 1 is 1.04 bits per heavy atom. The molecule has 0 aliphatic rings. The molecule has 0 spiro atoms. The quantitative estimate of drug-likeness (QED) is 0.416. The molecule has 0 atom stereocenters. The highest BCUT2D eigenvalue weighted by Crippen LogP contribution is 2.43. The second-order valence-corrected chi connectivity index (χ2v) is 4.61. The molecule has 3 N–H and O–H groups in total. The second-order valence-electron chi connectivity index (χ2n) is 4.61. The second kappa shape index (κ2) is 6.34. The van der Waals surface area contributed by atoms with Crippen molar-refractivity contribution in [3.05, 3.63) is 41.6 Å². The first kappa shape index (κ1) is 18.6. The van der Waals surface area contributed by atoms with Crippen molar-refractivity contribution in [3.8, 4) is 0 Å². The van der Waals surface area contributed by atoms with Gasteiger partial charge < -0.3 is 5.32 Å². The maximum Gasteiger partial charge on any atom is 0.420 e. The molecule has 128 valence electrons. The van der Waals surface area contributed by atoms with Crippen LogP contribution in [0.1, 0.15) is 6.92 Å². The lowest BCUT2D eigenvalue weighted by Crippen LogP contribution is -2.64. The van der Waals surface area contributed by atoms with Crippen LogP contribution in [-0.2, 0) is 0 Å². The van der Waals surface area contributed by atoms with Crippen LogP contribution in [0.3, 0.4) is 0 Å². The summed E-state index contributed by atoms with van der Waals surface area (Å²) >= 11 is 0. The van der Waals surface area contributed by atoms with E-state index in [0.717, 1.165) is 0 Å². The normalized spacial score (nSPS) is 12.5. The van der Waals surface area contributed by atoms with Gasteiger partial charge in [-0.3, -0.25) is 10.9 Å². The molecule has 0 aliphatic carbocycles. The molecule has 0 saturated heterocycles. The molecule has 0 heterocycles. The zero-order valence-corrected chi connectivity index (χ0v) is 11.6. The van der Waals surface area contributed by atoms with Gasteiger partial charge in [0.25, 0.3) is 0 Å². The Bertz CT molecular complexity index is 552.